The Bertz CT molecular complexity index is 626. The molecule has 0 spiro atoms. The number of benzene rings is 2. The van der Waals surface area contributed by atoms with E-state index in [0.717, 1.165) is 6.07 Å². The first-order valence-corrected chi connectivity index (χ1v) is 5.80. The lowest BCUT2D eigenvalue weighted by Gasteiger charge is -2.08. The average Bonchev–Trinajstić information content (AvgIpc) is 2.33. The molecule has 5 heteroatoms. The zero-order valence-corrected chi connectivity index (χ0v) is 10.6. The summed E-state index contributed by atoms with van der Waals surface area (Å²) in [7, 11) is 0. The van der Waals surface area contributed by atoms with E-state index in [2.05, 4.69) is 15.9 Å². The summed E-state index contributed by atoms with van der Waals surface area (Å²) >= 11 is 3.05. The maximum atomic E-state index is 13.9. The average molecular weight is 311 g/mol. The molecule has 0 saturated carbocycles. The number of hydrogen-bond donors (Lipinski definition) is 2. The predicted octanol–water partition coefficient (Wildman–Crippen LogP) is 3.66. The molecule has 18 heavy (non-hydrogen) atoms. The van der Waals surface area contributed by atoms with Gasteiger partial charge in [-0.3, -0.25) is 0 Å². The fourth-order valence-electron chi connectivity index (χ4n) is 1.60. The minimum absolute atomic E-state index is 0.0494. The molecule has 0 aromatic heterocycles. The highest BCUT2D eigenvalue weighted by Gasteiger charge is 2.13. The van der Waals surface area contributed by atoms with Crippen LogP contribution in [0, 0.1) is 5.82 Å². The molecule has 0 aliphatic carbocycles. The van der Waals surface area contributed by atoms with Crippen molar-refractivity contribution in [2.75, 3.05) is 0 Å². The molecule has 2 rings (SSSR count). The molecule has 2 aromatic carbocycles. The predicted molar refractivity (Wildman–Crippen MR) is 68.2 cm³/mol. The van der Waals surface area contributed by atoms with Crippen molar-refractivity contribution in [2.45, 2.75) is 0 Å². The van der Waals surface area contributed by atoms with E-state index in [1.807, 2.05) is 0 Å². The van der Waals surface area contributed by atoms with E-state index in [1.54, 1.807) is 12.1 Å². The van der Waals surface area contributed by atoms with Gasteiger partial charge in [0.05, 0.1) is 10.0 Å². The first-order chi connectivity index (χ1) is 8.50. The fraction of sp³-hybridized carbons (Fsp3) is 0. The number of carboxylic acids is 1. The zero-order chi connectivity index (χ0) is 13.3. The van der Waals surface area contributed by atoms with Gasteiger partial charge in [0, 0.05) is 11.1 Å². The van der Waals surface area contributed by atoms with Crippen molar-refractivity contribution >= 4 is 21.9 Å². The molecule has 0 aliphatic rings. The van der Waals surface area contributed by atoms with Gasteiger partial charge in [-0.2, -0.15) is 0 Å². The molecular weight excluding hydrogens is 303 g/mol. The van der Waals surface area contributed by atoms with Gasteiger partial charge in [0.25, 0.3) is 0 Å². The smallest absolute Gasteiger partial charge is 0.335 e. The normalized spacial score (nSPS) is 10.3. The van der Waals surface area contributed by atoms with Crippen LogP contribution in [0.2, 0.25) is 0 Å². The molecule has 0 atom stereocenters. The van der Waals surface area contributed by atoms with E-state index < -0.39 is 11.8 Å². The van der Waals surface area contributed by atoms with Crippen molar-refractivity contribution in [3.8, 4) is 16.9 Å². The Morgan fingerprint density at radius 3 is 2.50 bits per heavy atom. The van der Waals surface area contributed by atoms with Gasteiger partial charge in [0.1, 0.15) is 11.6 Å². The van der Waals surface area contributed by atoms with E-state index in [0.29, 0.717) is 0 Å². The molecule has 0 fully saturated rings. The first kappa shape index (κ1) is 12.6. The van der Waals surface area contributed by atoms with Gasteiger partial charge in [-0.15, -0.1) is 0 Å². The van der Waals surface area contributed by atoms with E-state index in [-0.39, 0.29) is 26.9 Å². The van der Waals surface area contributed by atoms with Crippen LogP contribution in [-0.4, -0.2) is 16.2 Å². The Kier molecular flexibility index (Phi) is 3.34. The van der Waals surface area contributed by atoms with Crippen LogP contribution in [-0.2, 0) is 0 Å². The summed E-state index contributed by atoms with van der Waals surface area (Å²) in [5.74, 6) is -1.92. The molecule has 2 N–H and O–H groups in total. The zero-order valence-electron chi connectivity index (χ0n) is 9.02. The number of halogens is 2. The van der Waals surface area contributed by atoms with E-state index in [4.69, 9.17) is 5.11 Å². The van der Waals surface area contributed by atoms with Crippen LogP contribution in [0.15, 0.2) is 40.9 Å². The molecule has 0 amide bonds. The molecule has 0 heterocycles. The lowest BCUT2D eigenvalue weighted by atomic mass is 10.0. The Morgan fingerprint density at radius 1 is 1.17 bits per heavy atom. The van der Waals surface area contributed by atoms with Gasteiger partial charge in [0.2, 0.25) is 0 Å². The molecule has 0 aliphatic heterocycles. The lowest BCUT2D eigenvalue weighted by Crippen LogP contribution is -1.96. The summed E-state index contributed by atoms with van der Waals surface area (Å²) in [5, 5.41) is 18.5. The Labute approximate surface area is 111 Å². The van der Waals surface area contributed by atoms with Crippen LogP contribution in [0.1, 0.15) is 10.4 Å². The molecular formula is C13H8BrFO3. The fourth-order valence-corrected chi connectivity index (χ4v) is 1.97. The van der Waals surface area contributed by atoms with Crippen molar-refractivity contribution in [3.63, 3.8) is 0 Å². The highest BCUT2D eigenvalue weighted by molar-refractivity contribution is 9.10. The molecule has 0 bridgehead atoms. The SMILES string of the molecule is O=C(O)c1ccc(-c2cccc(Br)c2F)c(O)c1. The van der Waals surface area contributed by atoms with E-state index in [1.165, 1.54) is 18.2 Å². The quantitative estimate of drug-likeness (QED) is 0.890. The molecule has 2 aromatic rings. The Hall–Kier alpha value is -1.88. The number of aromatic hydroxyl groups is 1. The van der Waals surface area contributed by atoms with Gasteiger partial charge >= 0.3 is 5.97 Å². The van der Waals surface area contributed by atoms with Crippen molar-refractivity contribution in [3.05, 3.63) is 52.3 Å². The molecule has 92 valence electrons. The van der Waals surface area contributed by atoms with E-state index >= 15 is 0 Å². The molecule has 0 radical (unpaired) electrons. The summed E-state index contributed by atoms with van der Waals surface area (Å²) < 4.78 is 14.1. The maximum Gasteiger partial charge on any atom is 0.335 e. The largest absolute Gasteiger partial charge is 0.507 e. The van der Waals surface area contributed by atoms with Gasteiger partial charge in [-0.05, 0) is 40.2 Å². The van der Waals surface area contributed by atoms with Crippen molar-refractivity contribution in [1.82, 2.24) is 0 Å². The van der Waals surface area contributed by atoms with Crippen molar-refractivity contribution < 1.29 is 19.4 Å². The number of rotatable bonds is 2. The summed E-state index contributed by atoms with van der Waals surface area (Å²) in [6.07, 6.45) is 0. The number of phenolic OH excluding ortho intramolecular Hbond substituents is 1. The third-order valence-electron chi connectivity index (χ3n) is 2.49. The number of carboxylic acid groups (broad SMARTS) is 1. The van der Waals surface area contributed by atoms with Crippen LogP contribution in [0.5, 0.6) is 5.75 Å². The topological polar surface area (TPSA) is 57.5 Å². The van der Waals surface area contributed by atoms with Crippen molar-refractivity contribution in [1.29, 1.82) is 0 Å². The van der Waals surface area contributed by atoms with Crippen LogP contribution in [0.3, 0.4) is 0 Å². The second-order valence-corrected chi connectivity index (χ2v) is 4.49. The number of hydrogen-bond acceptors (Lipinski definition) is 2. The minimum atomic E-state index is -1.15. The highest BCUT2D eigenvalue weighted by Crippen LogP contribution is 2.34. The monoisotopic (exact) mass is 310 g/mol. The second-order valence-electron chi connectivity index (χ2n) is 3.64. The Morgan fingerprint density at radius 2 is 1.89 bits per heavy atom. The molecule has 3 nitrogen and oxygen atoms in total. The summed E-state index contributed by atoms with van der Waals surface area (Å²) in [6.45, 7) is 0. The summed E-state index contributed by atoms with van der Waals surface area (Å²) in [4.78, 5) is 10.7. The van der Waals surface area contributed by atoms with E-state index in [9.17, 15) is 14.3 Å². The van der Waals surface area contributed by atoms with Crippen molar-refractivity contribution in [2.24, 2.45) is 0 Å². The van der Waals surface area contributed by atoms with Crippen LogP contribution < -0.4 is 0 Å². The van der Waals surface area contributed by atoms with Crippen LogP contribution >= 0.6 is 15.9 Å². The van der Waals surface area contributed by atoms with Crippen LogP contribution in [0.25, 0.3) is 11.1 Å². The minimum Gasteiger partial charge on any atom is -0.507 e. The van der Waals surface area contributed by atoms with Gasteiger partial charge < -0.3 is 10.2 Å². The third kappa shape index (κ3) is 2.22. The number of aromatic carboxylic acids is 1. The van der Waals surface area contributed by atoms with Gasteiger partial charge in [-0.25, -0.2) is 9.18 Å². The highest BCUT2D eigenvalue weighted by atomic mass is 79.9. The van der Waals surface area contributed by atoms with Gasteiger partial charge in [-0.1, -0.05) is 12.1 Å². The number of phenols is 1. The number of carbonyl (C=O) groups is 1. The first-order valence-electron chi connectivity index (χ1n) is 5.01. The second kappa shape index (κ2) is 4.78. The maximum absolute atomic E-state index is 13.9. The summed E-state index contributed by atoms with van der Waals surface area (Å²) in [5.41, 5.74) is 0.407. The standard InChI is InChI=1S/C13H8BrFO3/c14-10-3-1-2-9(12(10)15)8-5-4-7(13(17)18)6-11(8)16/h1-6,16H,(H,17,18). The lowest BCUT2D eigenvalue weighted by molar-refractivity contribution is 0.0696. The molecule has 0 unspecified atom stereocenters. The summed E-state index contributed by atoms with van der Waals surface area (Å²) in [6, 6.07) is 8.48. The van der Waals surface area contributed by atoms with Crippen LogP contribution in [0.4, 0.5) is 4.39 Å². The third-order valence-corrected chi connectivity index (χ3v) is 3.10. The Balaban J connectivity index is 2.58. The van der Waals surface area contributed by atoms with Gasteiger partial charge in [0.15, 0.2) is 0 Å². The molecule has 0 saturated heterocycles.